The Morgan fingerprint density at radius 2 is 2.12 bits per heavy atom. The normalized spacial score (nSPS) is 18.7. The first-order chi connectivity index (χ1) is 15.5. The van der Waals surface area contributed by atoms with Gasteiger partial charge in [-0.1, -0.05) is 6.07 Å². The zero-order chi connectivity index (χ0) is 22.5. The number of hydrogen-bond donors (Lipinski definition) is 2. The van der Waals surface area contributed by atoms with E-state index in [0.717, 1.165) is 19.3 Å². The highest BCUT2D eigenvalue weighted by molar-refractivity contribution is 7.14. The van der Waals surface area contributed by atoms with Crippen LogP contribution in [0.1, 0.15) is 31.4 Å². The number of hydrogen-bond acceptors (Lipinski definition) is 5. The van der Waals surface area contributed by atoms with Crippen molar-refractivity contribution in [1.82, 2.24) is 15.2 Å². The maximum Gasteiger partial charge on any atom is 0.319 e. The Balaban J connectivity index is 1.24. The first-order valence-electron chi connectivity index (χ1n) is 10.8. The van der Waals surface area contributed by atoms with Crippen LogP contribution >= 0.6 is 11.3 Å². The summed E-state index contributed by atoms with van der Waals surface area (Å²) in [5, 5.41) is 7.93. The van der Waals surface area contributed by atoms with Gasteiger partial charge in [0.1, 0.15) is 5.82 Å². The van der Waals surface area contributed by atoms with Gasteiger partial charge in [0.15, 0.2) is 5.13 Å². The number of nitrogens with one attached hydrogen (secondary N) is 2. The maximum absolute atomic E-state index is 13.2. The fourth-order valence-corrected chi connectivity index (χ4v) is 4.92. The highest BCUT2D eigenvalue weighted by atomic mass is 32.1. The van der Waals surface area contributed by atoms with Gasteiger partial charge < -0.3 is 15.5 Å². The van der Waals surface area contributed by atoms with Gasteiger partial charge in [0.05, 0.1) is 12.1 Å². The average molecular weight is 460 g/mol. The third-order valence-electron chi connectivity index (χ3n) is 5.68. The molecule has 2 N–H and O–H groups in total. The van der Waals surface area contributed by atoms with Crippen LogP contribution in [0.5, 0.6) is 0 Å². The smallest absolute Gasteiger partial charge is 0.319 e. The van der Waals surface area contributed by atoms with Gasteiger partial charge in [0, 0.05) is 43.7 Å². The molecule has 0 saturated carbocycles. The lowest BCUT2D eigenvalue weighted by atomic mass is 9.97. The van der Waals surface area contributed by atoms with E-state index in [1.54, 1.807) is 11.0 Å². The van der Waals surface area contributed by atoms with Gasteiger partial charge in [-0.2, -0.15) is 0 Å². The van der Waals surface area contributed by atoms with Gasteiger partial charge in [-0.3, -0.25) is 14.5 Å². The summed E-state index contributed by atoms with van der Waals surface area (Å²) in [5.41, 5.74) is 1.07. The molecule has 0 aliphatic carbocycles. The van der Waals surface area contributed by atoms with Crippen LogP contribution in [0.2, 0.25) is 0 Å². The molecule has 0 radical (unpaired) electrons. The third kappa shape index (κ3) is 5.61. The molecule has 2 fully saturated rings. The molecule has 8 nitrogen and oxygen atoms in total. The van der Waals surface area contributed by atoms with E-state index in [4.69, 9.17) is 0 Å². The zero-order valence-corrected chi connectivity index (χ0v) is 18.5. The van der Waals surface area contributed by atoms with Crippen LogP contribution in [0.15, 0.2) is 29.6 Å². The van der Waals surface area contributed by atoms with Gasteiger partial charge in [-0.05, 0) is 43.4 Å². The number of urea groups is 1. The van der Waals surface area contributed by atoms with E-state index in [-0.39, 0.29) is 24.2 Å². The number of benzene rings is 1. The molecule has 10 heteroatoms. The van der Waals surface area contributed by atoms with Crippen LogP contribution in [0, 0.1) is 11.7 Å². The van der Waals surface area contributed by atoms with Crippen LogP contribution < -0.4 is 15.5 Å². The Kier molecular flexibility index (Phi) is 6.99. The van der Waals surface area contributed by atoms with E-state index in [0.29, 0.717) is 49.1 Å². The lowest BCUT2D eigenvalue weighted by molar-refractivity contribution is -0.132. The first kappa shape index (κ1) is 22.2. The Labute approximate surface area is 189 Å². The molecule has 32 heavy (non-hydrogen) atoms. The summed E-state index contributed by atoms with van der Waals surface area (Å²) in [6.45, 7) is 2.38. The lowest BCUT2D eigenvalue weighted by Gasteiger charge is -2.32. The molecule has 2 saturated heterocycles. The van der Waals surface area contributed by atoms with E-state index in [1.807, 2.05) is 10.3 Å². The van der Waals surface area contributed by atoms with Gasteiger partial charge in [-0.25, -0.2) is 14.2 Å². The second kappa shape index (κ2) is 10.1. The van der Waals surface area contributed by atoms with Crippen LogP contribution in [-0.4, -0.2) is 53.9 Å². The minimum Gasteiger partial charge on any atom is -0.342 e. The van der Waals surface area contributed by atoms with Crippen molar-refractivity contribution in [2.45, 2.75) is 32.1 Å². The average Bonchev–Trinajstić information content (AvgIpc) is 3.41. The molecule has 0 bridgehead atoms. The summed E-state index contributed by atoms with van der Waals surface area (Å²) in [4.78, 5) is 44.8. The minimum absolute atomic E-state index is 0.00325. The molecule has 170 valence electrons. The highest BCUT2D eigenvalue weighted by Crippen LogP contribution is 2.26. The molecule has 1 aromatic carbocycles. The summed E-state index contributed by atoms with van der Waals surface area (Å²) in [7, 11) is 0. The summed E-state index contributed by atoms with van der Waals surface area (Å²) in [6.07, 6.45) is 3.39. The number of piperidine rings is 1. The molecule has 4 rings (SSSR count). The third-order valence-corrected chi connectivity index (χ3v) is 6.59. The molecule has 0 spiro atoms. The van der Waals surface area contributed by atoms with Crippen LogP contribution in [0.4, 0.5) is 20.0 Å². The molecule has 1 unspecified atom stereocenters. The minimum atomic E-state index is -0.413. The quantitative estimate of drug-likeness (QED) is 0.694. The largest absolute Gasteiger partial charge is 0.342 e. The van der Waals surface area contributed by atoms with Crippen molar-refractivity contribution in [1.29, 1.82) is 0 Å². The number of likely N-dealkylation sites (tertiary alicyclic amines) is 1. The zero-order valence-electron chi connectivity index (χ0n) is 17.7. The van der Waals surface area contributed by atoms with Crippen LogP contribution in [0.3, 0.4) is 0 Å². The van der Waals surface area contributed by atoms with Crippen molar-refractivity contribution in [2.75, 3.05) is 36.4 Å². The fraction of sp³-hybridized carbons (Fsp3) is 0.455. The second-order valence-corrected chi connectivity index (χ2v) is 8.98. The van der Waals surface area contributed by atoms with Crippen molar-refractivity contribution in [3.8, 4) is 0 Å². The number of carbonyl (C=O) groups is 3. The predicted octanol–water partition coefficient (Wildman–Crippen LogP) is 3.01. The number of halogens is 1. The highest BCUT2D eigenvalue weighted by Gasteiger charge is 2.27. The van der Waals surface area contributed by atoms with E-state index in [9.17, 15) is 18.8 Å². The van der Waals surface area contributed by atoms with Crippen LogP contribution in [0.25, 0.3) is 0 Å². The Hall–Kier alpha value is -3.01. The van der Waals surface area contributed by atoms with Crippen molar-refractivity contribution >= 4 is 40.0 Å². The number of anilines is 2. The Morgan fingerprint density at radius 1 is 1.25 bits per heavy atom. The molecular weight excluding hydrogens is 433 g/mol. The van der Waals surface area contributed by atoms with Gasteiger partial charge in [0.2, 0.25) is 11.8 Å². The number of rotatable bonds is 6. The fourth-order valence-electron chi connectivity index (χ4n) is 4.06. The lowest BCUT2D eigenvalue weighted by Crippen LogP contribution is -2.44. The topological polar surface area (TPSA) is 94.6 Å². The molecule has 2 aliphatic rings. The molecule has 4 amide bonds. The predicted molar refractivity (Wildman–Crippen MR) is 120 cm³/mol. The van der Waals surface area contributed by atoms with Gasteiger partial charge in [0.25, 0.3) is 0 Å². The first-order valence-corrected chi connectivity index (χ1v) is 11.7. The number of amides is 4. The standard InChI is InChI=1S/C22H26FN5O3S/c23-16-5-1-6-17(10-16)25-21(31)24-12-15-4-2-8-27(13-15)20(30)11-18-14-32-22(26-18)28-9-3-7-19(28)29/h1,5-6,10,14-15H,2-4,7-9,11-13H2,(H2,24,25,31). The molecule has 1 aromatic heterocycles. The van der Waals surface area contributed by atoms with Crippen molar-refractivity contribution < 1.29 is 18.8 Å². The molecule has 3 heterocycles. The van der Waals surface area contributed by atoms with Crippen molar-refractivity contribution in [2.24, 2.45) is 5.92 Å². The van der Waals surface area contributed by atoms with E-state index in [1.165, 1.54) is 29.5 Å². The Bertz CT molecular complexity index is 997. The van der Waals surface area contributed by atoms with E-state index in [2.05, 4.69) is 15.6 Å². The maximum atomic E-state index is 13.2. The second-order valence-electron chi connectivity index (χ2n) is 8.14. The monoisotopic (exact) mass is 459 g/mol. The molecule has 2 aliphatic heterocycles. The molecule has 1 atom stereocenters. The number of aromatic nitrogens is 1. The van der Waals surface area contributed by atoms with Gasteiger partial charge >= 0.3 is 6.03 Å². The summed E-state index contributed by atoms with van der Waals surface area (Å²) in [5.74, 6) is -0.170. The number of thiazole rings is 1. The van der Waals surface area contributed by atoms with Crippen molar-refractivity contribution in [3.05, 3.63) is 41.2 Å². The van der Waals surface area contributed by atoms with E-state index >= 15 is 0 Å². The summed E-state index contributed by atoms with van der Waals surface area (Å²) in [6, 6.07) is 5.32. The Morgan fingerprint density at radius 3 is 2.91 bits per heavy atom. The SMILES string of the molecule is O=C(NCC1CCCN(C(=O)Cc2csc(N3CCCC3=O)n2)C1)Nc1cccc(F)c1. The van der Waals surface area contributed by atoms with Crippen molar-refractivity contribution in [3.63, 3.8) is 0 Å². The summed E-state index contributed by atoms with van der Waals surface area (Å²) >= 11 is 1.40. The van der Waals surface area contributed by atoms with Crippen LogP contribution in [-0.2, 0) is 16.0 Å². The number of carbonyl (C=O) groups excluding carboxylic acids is 3. The van der Waals surface area contributed by atoms with E-state index < -0.39 is 11.8 Å². The summed E-state index contributed by atoms with van der Waals surface area (Å²) < 4.78 is 13.2. The molecular formula is C22H26FN5O3S. The number of nitrogens with zero attached hydrogens (tertiary/aromatic N) is 3. The van der Waals surface area contributed by atoms with Gasteiger partial charge in [-0.15, -0.1) is 11.3 Å². The molecule has 2 aromatic rings.